The molecule has 0 atom stereocenters. The van der Waals surface area contributed by atoms with Crippen LogP contribution in [-0.4, -0.2) is 34.6 Å². The third-order valence-electron chi connectivity index (χ3n) is 3.96. The average Bonchev–Trinajstić information content (AvgIpc) is 2.95. The number of carbonyl (C=O) groups is 3. The van der Waals surface area contributed by atoms with Crippen LogP contribution in [0.1, 0.15) is 5.56 Å². The van der Waals surface area contributed by atoms with Crippen LogP contribution in [0.25, 0.3) is 11.0 Å². The molecule has 1 amide bonds. The van der Waals surface area contributed by atoms with Gasteiger partial charge in [-0.25, -0.2) is 13.9 Å². The maximum atomic E-state index is 11.7. The van der Waals surface area contributed by atoms with E-state index in [2.05, 4.69) is 17.4 Å². The fraction of sp³-hybridized carbons (Fsp3) is 0.158. The zero-order valence-corrected chi connectivity index (χ0v) is 15.2. The van der Waals surface area contributed by atoms with Crippen molar-refractivity contribution in [1.82, 2.24) is 9.88 Å². The molecular weight excluding hydrogens is 364 g/mol. The Labute approximate surface area is 160 Å². The number of rotatable bonds is 4. The van der Waals surface area contributed by atoms with E-state index >= 15 is 0 Å². The second kappa shape index (κ2) is 9.17. The Balaban J connectivity index is 0.000000409. The van der Waals surface area contributed by atoms with E-state index in [1.807, 2.05) is 51.6 Å². The molecule has 9 heteroatoms. The summed E-state index contributed by atoms with van der Waals surface area (Å²) in [7, 11) is 1.63. The fourth-order valence-corrected chi connectivity index (χ4v) is 2.63. The molecular formula is C19H20N4O5. The highest BCUT2D eigenvalue weighted by Gasteiger charge is 2.22. The van der Waals surface area contributed by atoms with Crippen molar-refractivity contribution in [2.75, 3.05) is 12.8 Å². The van der Waals surface area contributed by atoms with Crippen LogP contribution in [0.4, 0.5) is 5.95 Å². The fourth-order valence-electron chi connectivity index (χ4n) is 2.63. The number of para-hydroxylation sites is 2. The molecule has 1 heterocycles. The summed E-state index contributed by atoms with van der Waals surface area (Å²) in [6, 6.07) is 18.1. The summed E-state index contributed by atoms with van der Waals surface area (Å²) in [5.74, 6) is -3.50. The van der Waals surface area contributed by atoms with Gasteiger partial charge in [0.05, 0.1) is 6.54 Å². The van der Waals surface area contributed by atoms with Gasteiger partial charge in [0.25, 0.3) is 5.91 Å². The molecule has 0 unspecified atom stereocenters. The quantitative estimate of drug-likeness (QED) is 0.394. The number of aliphatic carboxylic acids is 2. The molecule has 0 radical (unpaired) electrons. The molecule has 0 saturated carbocycles. The Bertz CT molecular complexity index is 986. The van der Waals surface area contributed by atoms with Gasteiger partial charge in [0.1, 0.15) is 11.0 Å². The number of aromatic nitrogens is 2. The second-order valence-corrected chi connectivity index (χ2v) is 5.77. The Hall–Kier alpha value is -3.88. The van der Waals surface area contributed by atoms with Crippen molar-refractivity contribution in [1.29, 1.82) is 0 Å². The number of nitrogens with zero attached hydrogens (tertiary/aromatic N) is 2. The number of benzene rings is 2. The number of nitrogens with one attached hydrogen (secondary N) is 1. The van der Waals surface area contributed by atoms with Gasteiger partial charge in [-0.05, 0) is 17.7 Å². The Morgan fingerprint density at radius 2 is 1.68 bits per heavy atom. The van der Waals surface area contributed by atoms with Crippen LogP contribution < -0.4 is 20.7 Å². The highest BCUT2D eigenvalue weighted by molar-refractivity contribution is 6.26. The van der Waals surface area contributed by atoms with Crippen LogP contribution in [0.5, 0.6) is 0 Å². The lowest BCUT2D eigenvalue weighted by molar-refractivity contribution is -0.648. The molecule has 0 aliphatic heterocycles. The molecule has 0 aliphatic carbocycles. The van der Waals surface area contributed by atoms with Gasteiger partial charge in [-0.15, -0.1) is 0 Å². The summed E-state index contributed by atoms with van der Waals surface area (Å²) in [5, 5.41) is 19.0. The van der Waals surface area contributed by atoms with Crippen molar-refractivity contribution in [2.24, 2.45) is 0 Å². The lowest BCUT2D eigenvalue weighted by Crippen LogP contribution is -2.37. The summed E-state index contributed by atoms with van der Waals surface area (Å²) >= 11 is 0. The van der Waals surface area contributed by atoms with E-state index in [9.17, 15) is 4.79 Å². The van der Waals surface area contributed by atoms with Gasteiger partial charge >= 0.3 is 11.9 Å². The van der Waals surface area contributed by atoms with Crippen LogP contribution in [0.3, 0.4) is 0 Å². The number of nitrogens with two attached hydrogens (primary N) is 1. The zero-order chi connectivity index (χ0) is 20.7. The summed E-state index contributed by atoms with van der Waals surface area (Å²) in [6.45, 7) is 0.887. The largest absolute Gasteiger partial charge is 0.539 e. The number of fused-ring (bicyclic) bond motifs is 1. The number of likely N-dealkylation sites (N-methyl/N-ethyl adjacent to an activating group) is 1. The lowest BCUT2D eigenvalue weighted by Gasteiger charge is -2.02. The lowest BCUT2D eigenvalue weighted by atomic mass is 10.2. The number of carbonyl (C=O) groups excluding carboxylic acids is 2. The van der Waals surface area contributed by atoms with E-state index in [1.165, 1.54) is 5.56 Å². The van der Waals surface area contributed by atoms with Crippen molar-refractivity contribution in [3.05, 3.63) is 60.2 Å². The summed E-state index contributed by atoms with van der Waals surface area (Å²) in [5.41, 5.74) is 9.46. The van der Waals surface area contributed by atoms with Gasteiger partial charge < -0.3 is 20.3 Å². The van der Waals surface area contributed by atoms with Gasteiger partial charge in [-0.1, -0.05) is 42.5 Å². The predicted molar refractivity (Wildman–Crippen MR) is 98.8 cm³/mol. The number of hydrogen-bond donors (Lipinski definition) is 3. The van der Waals surface area contributed by atoms with Gasteiger partial charge in [-0.3, -0.25) is 10.5 Å². The average molecular weight is 384 g/mol. The minimum Gasteiger partial charge on any atom is -0.539 e. The molecule has 0 bridgehead atoms. The zero-order valence-electron chi connectivity index (χ0n) is 15.2. The minimum atomic E-state index is -2.07. The maximum Gasteiger partial charge on any atom is 0.356 e. The molecule has 3 rings (SSSR count). The van der Waals surface area contributed by atoms with Crippen LogP contribution in [0, 0.1) is 0 Å². The molecule has 4 N–H and O–H groups in total. The highest BCUT2D eigenvalue weighted by atomic mass is 16.4. The summed E-state index contributed by atoms with van der Waals surface area (Å²) in [4.78, 5) is 29.8. The van der Waals surface area contributed by atoms with Crippen LogP contribution >= 0.6 is 0 Å². The van der Waals surface area contributed by atoms with E-state index in [0.29, 0.717) is 12.5 Å². The normalized spacial score (nSPS) is 10.0. The molecule has 146 valence electrons. The number of carboxylic acid groups (broad SMARTS) is 2. The van der Waals surface area contributed by atoms with Crippen LogP contribution in [-0.2, 0) is 27.5 Å². The smallest absolute Gasteiger partial charge is 0.356 e. The van der Waals surface area contributed by atoms with Crippen LogP contribution in [0.15, 0.2) is 54.6 Å². The number of nitrogen functional groups attached to an aromatic ring is 1. The molecule has 0 saturated heterocycles. The SMILES string of the molecule is CNC(=O)Cn1c(N)[n+](Cc2ccccc2)c2ccccc21.O=C([O-])C(=O)O. The summed E-state index contributed by atoms with van der Waals surface area (Å²) < 4.78 is 3.88. The third-order valence-corrected chi connectivity index (χ3v) is 3.96. The molecule has 0 fully saturated rings. The molecule has 0 spiro atoms. The van der Waals surface area contributed by atoms with E-state index < -0.39 is 11.9 Å². The summed E-state index contributed by atoms with van der Waals surface area (Å²) in [6.07, 6.45) is 0. The van der Waals surface area contributed by atoms with E-state index in [4.69, 9.17) is 25.5 Å². The molecule has 28 heavy (non-hydrogen) atoms. The standard InChI is InChI=1S/C17H18N4O.C2H2O4/c1-19-16(22)12-21-15-10-6-5-9-14(15)20(17(21)18)11-13-7-3-2-4-8-13;3-1(4)2(5)6/h2-10,18H,11-12H2,1H3,(H,19,22);(H,3,4)(H,5,6). The molecule has 1 aromatic heterocycles. The number of amides is 1. The van der Waals surface area contributed by atoms with Gasteiger partial charge in [0.15, 0.2) is 12.5 Å². The van der Waals surface area contributed by atoms with Crippen molar-refractivity contribution >= 4 is 34.8 Å². The highest BCUT2D eigenvalue weighted by Crippen LogP contribution is 2.16. The molecule has 2 aromatic carbocycles. The monoisotopic (exact) mass is 384 g/mol. The minimum absolute atomic E-state index is 0.0701. The first-order valence-corrected chi connectivity index (χ1v) is 8.30. The Morgan fingerprint density at radius 3 is 2.25 bits per heavy atom. The molecule has 3 aromatic rings. The first-order chi connectivity index (χ1) is 13.3. The number of imidazole rings is 1. The number of anilines is 1. The van der Waals surface area contributed by atoms with Gasteiger partial charge in [0.2, 0.25) is 0 Å². The van der Waals surface area contributed by atoms with Gasteiger partial charge in [0, 0.05) is 7.05 Å². The van der Waals surface area contributed by atoms with E-state index in [-0.39, 0.29) is 12.5 Å². The number of hydrogen-bond acceptors (Lipinski definition) is 5. The topological polar surface area (TPSA) is 141 Å². The van der Waals surface area contributed by atoms with Crippen molar-refractivity contribution < 1.29 is 29.2 Å². The Morgan fingerprint density at radius 1 is 1.11 bits per heavy atom. The van der Waals surface area contributed by atoms with E-state index in [1.54, 1.807) is 7.05 Å². The third kappa shape index (κ3) is 4.85. The second-order valence-electron chi connectivity index (χ2n) is 5.77. The Kier molecular flexibility index (Phi) is 6.69. The van der Waals surface area contributed by atoms with Crippen molar-refractivity contribution in [2.45, 2.75) is 13.1 Å². The van der Waals surface area contributed by atoms with Crippen LogP contribution in [0.2, 0.25) is 0 Å². The van der Waals surface area contributed by atoms with Gasteiger partial charge in [-0.2, -0.15) is 0 Å². The van der Waals surface area contributed by atoms with E-state index in [0.717, 1.165) is 11.0 Å². The predicted octanol–water partition coefficient (Wildman–Crippen LogP) is -0.874. The van der Waals surface area contributed by atoms with Crippen molar-refractivity contribution in [3.8, 4) is 0 Å². The first-order valence-electron chi connectivity index (χ1n) is 8.30. The molecule has 9 nitrogen and oxygen atoms in total. The number of carboxylic acids is 2. The maximum absolute atomic E-state index is 11.7. The molecule has 0 aliphatic rings. The van der Waals surface area contributed by atoms with Crippen molar-refractivity contribution in [3.63, 3.8) is 0 Å². The first kappa shape index (κ1) is 20.4.